The van der Waals surface area contributed by atoms with Crippen molar-refractivity contribution in [2.75, 3.05) is 54.2 Å². The van der Waals surface area contributed by atoms with Crippen LogP contribution in [-0.4, -0.2) is 59.1 Å². The second-order valence-corrected chi connectivity index (χ2v) is 4.91. The molecule has 1 aliphatic heterocycles. The Morgan fingerprint density at radius 1 is 1.09 bits per heavy atom. The summed E-state index contributed by atoms with van der Waals surface area (Å²) in [6, 6.07) is 3.36. The monoisotopic (exact) mass is 334 g/mol. The van der Waals surface area contributed by atoms with Gasteiger partial charge in [-0.1, -0.05) is 0 Å². The van der Waals surface area contributed by atoms with Crippen molar-refractivity contribution in [2.45, 2.75) is 6.04 Å². The number of methoxy groups -OCH3 is 3. The molecule has 7 heteroatoms. The number of nitrogens with zero attached hydrogens (tertiary/aromatic N) is 1. The summed E-state index contributed by atoms with van der Waals surface area (Å²) in [6.45, 7) is 2.96. The van der Waals surface area contributed by atoms with Crippen molar-refractivity contribution >= 4 is 12.4 Å². The van der Waals surface area contributed by atoms with Gasteiger partial charge < -0.3 is 19.5 Å². The molecule has 1 saturated heterocycles. The molecule has 1 fully saturated rings. The maximum absolute atomic E-state index is 13.6. The topological polar surface area (TPSA) is 43.0 Å². The highest BCUT2D eigenvalue weighted by Gasteiger charge is 2.25. The molecule has 0 spiro atoms. The van der Waals surface area contributed by atoms with Crippen LogP contribution in [0.5, 0.6) is 17.2 Å². The molecule has 0 amide bonds. The molecule has 0 aliphatic carbocycles. The number of alkyl halides is 1. The number of piperazine rings is 1. The van der Waals surface area contributed by atoms with E-state index in [0.717, 1.165) is 31.7 Å². The van der Waals surface area contributed by atoms with Crippen LogP contribution in [-0.2, 0) is 0 Å². The van der Waals surface area contributed by atoms with Gasteiger partial charge >= 0.3 is 0 Å². The Morgan fingerprint density at radius 2 is 1.64 bits per heavy atom. The Morgan fingerprint density at radius 3 is 2.05 bits per heavy atom. The van der Waals surface area contributed by atoms with Gasteiger partial charge in [0.2, 0.25) is 5.75 Å². The average molecular weight is 335 g/mol. The van der Waals surface area contributed by atoms with E-state index in [-0.39, 0.29) is 18.4 Å². The third-order valence-corrected chi connectivity index (χ3v) is 3.81. The summed E-state index contributed by atoms with van der Waals surface area (Å²) in [5.74, 6) is 1.64. The highest BCUT2D eigenvalue weighted by molar-refractivity contribution is 5.85. The Kier molecular flexibility index (Phi) is 7.72. The normalized spacial score (nSPS) is 16.5. The molecule has 1 heterocycles. The third kappa shape index (κ3) is 3.94. The van der Waals surface area contributed by atoms with Gasteiger partial charge in [0.1, 0.15) is 6.67 Å². The smallest absolute Gasteiger partial charge is 0.203 e. The zero-order chi connectivity index (χ0) is 15.2. The molecule has 1 N–H and O–H groups in total. The molecule has 5 nitrogen and oxygen atoms in total. The van der Waals surface area contributed by atoms with Crippen molar-refractivity contribution in [1.29, 1.82) is 0 Å². The fourth-order valence-electron chi connectivity index (χ4n) is 2.69. The van der Waals surface area contributed by atoms with Crippen LogP contribution in [0.15, 0.2) is 12.1 Å². The molecule has 0 bridgehead atoms. The van der Waals surface area contributed by atoms with E-state index in [1.165, 1.54) is 0 Å². The van der Waals surface area contributed by atoms with E-state index in [1.807, 2.05) is 12.1 Å². The summed E-state index contributed by atoms with van der Waals surface area (Å²) >= 11 is 0. The SMILES string of the molecule is COc1cc([C@@H](CF)N2CCNCC2)cc(OC)c1OC.Cl. The standard InChI is InChI=1S/C15H23FN2O3.ClH/c1-19-13-8-11(9-14(20-2)15(13)21-3)12(10-16)18-6-4-17-5-7-18;/h8-9,12,17H,4-7,10H2,1-3H3;1H/t12-;/m1./s1. The summed E-state index contributed by atoms with van der Waals surface area (Å²) in [4.78, 5) is 2.14. The van der Waals surface area contributed by atoms with Crippen molar-refractivity contribution in [3.63, 3.8) is 0 Å². The maximum Gasteiger partial charge on any atom is 0.203 e. The third-order valence-electron chi connectivity index (χ3n) is 3.81. The van der Waals surface area contributed by atoms with Gasteiger partial charge in [-0.05, 0) is 17.7 Å². The van der Waals surface area contributed by atoms with Crippen molar-refractivity contribution < 1.29 is 18.6 Å². The van der Waals surface area contributed by atoms with Crippen molar-refractivity contribution in [3.8, 4) is 17.2 Å². The minimum absolute atomic E-state index is 0. The number of halogens is 2. The summed E-state index contributed by atoms with van der Waals surface area (Å²) < 4.78 is 29.6. The van der Waals surface area contributed by atoms with Gasteiger partial charge in [-0.15, -0.1) is 12.4 Å². The first kappa shape index (κ1) is 18.8. The van der Waals surface area contributed by atoms with Gasteiger partial charge in [-0.2, -0.15) is 0 Å². The fourth-order valence-corrected chi connectivity index (χ4v) is 2.69. The lowest BCUT2D eigenvalue weighted by atomic mass is 10.0. The van der Waals surface area contributed by atoms with E-state index in [1.54, 1.807) is 21.3 Å². The first-order valence-corrected chi connectivity index (χ1v) is 7.05. The number of hydrogen-bond donors (Lipinski definition) is 1. The summed E-state index contributed by atoms with van der Waals surface area (Å²) in [7, 11) is 4.69. The molecule has 1 aliphatic rings. The summed E-state index contributed by atoms with van der Waals surface area (Å²) in [5.41, 5.74) is 0.842. The Labute approximate surface area is 137 Å². The van der Waals surface area contributed by atoms with Gasteiger partial charge in [0.05, 0.1) is 27.4 Å². The molecule has 2 rings (SSSR count). The van der Waals surface area contributed by atoms with E-state index in [0.29, 0.717) is 17.2 Å². The fraction of sp³-hybridized carbons (Fsp3) is 0.600. The first-order chi connectivity index (χ1) is 10.2. The lowest BCUT2D eigenvalue weighted by Crippen LogP contribution is -2.45. The van der Waals surface area contributed by atoms with E-state index >= 15 is 0 Å². The number of hydrogen-bond acceptors (Lipinski definition) is 5. The van der Waals surface area contributed by atoms with Crippen molar-refractivity contribution in [3.05, 3.63) is 17.7 Å². The van der Waals surface area contributed by atoms with E-state index < -0.39 is 6.67 Å². The predicted molar refractivity (Wildman–Crippen MR) is 86.5 cm³/mol. The average Bonchev–Trinajstić information content (AvgIpc) is 2.55. The van der Waals surface area contributed by atoms with Crippen LogP contribution in [0, 0.1) is 0 Å². The van der Waals surface area contributed by atoms with Gasteiger partial charge in [0.15, 0.2) is 11.5 Å². The molecule has 22 heavy (non-hydrogen) atoms. The van der Waals surface area contributed by atoms with E-state index in [4.69, 9.17) is 14.2 Å². The van der Waals surface area contributed by atoms with E-state index in [2.05, 4.69) is 10.2 Å². The Bertz CT molecular complexity index is 445. The predicted octanol–water partition coefficient (Wildman–Crippen LogP) is 2.05. The van der Waals surface area contributed by atoms with Crippen LogP contribution < -0.4 is 19.5 Å². The van der Waals surface area contributed by atoms with Crippen molar-refractivity contribution in [2.24, 2.45) is 0 Å². The highest BCUT2D eigenvalue weighted by atomic mass is 35.5. The minimum Gasteiger partial charge on any atom is -0.493 e. The minimum atomic E-state index is -0.446. The highest BCUT2D eigenvalue weighted by Crippen LogP contribution is 2.40. The molecule has 1 aromatic rings. The molecule has 0 saturated carbocycles. The van der Waals surface area contributed by atoms with Gasteiger partial charge in [-0.25, -0.2) is 4.39 Å². The Balaban J connectivity index is 0.00000242. The van der Waals surface area contributed by atoms with Gasteiger partial charge in [0.25, 0.3) is 0 Å². The van der Waals surface area contributed by atoms with Crippen LogP contribution in [0.3, 0.4) is 0 Å². The van der Waals surface area contributed by atoms with Gasteiger partial charge in [0, 0.05) is 26.2 Å². The van der Waals surface area contributed by atoms with E-state index in [9.17, 15) is 4.39 Å². The molecule has 126 valence electrons. The molecular weight excluding hydrogens is 311 g/mol. The number of nitrogens with one attached hydrogen (secondary N) is 1. The zero-order valence-electron chi connectivity index (χ0n) is 13.2. The maximum atomic E-state index is 13.6. The van der Waals surface area contributed by atoms with Crippen LogP contribution in [0.25, 0.3) is 0 Å². The van der Waals surface area contributed by atoms with Crippen LogP contribution in [0.1, 0.15) is 11.6 Å². The lowest BCUT2D eigenvalue weighted by molar-refractivity contribution is 0.147. The summed E-state index contributed by atoms with van der Waals surface area (Å²) in [6.07, 6.45) is 0. The summed E-state index contributed by atoms with van der Waals surface area (Å²) in [5, 5.41) is 3.27. The van der Waals surface area contributed by atoms with Crippen LogP contribution >= 0.6 is 12.4 Å². The van der Waals surface area contributed by atoms with Crippen molar-refractivity contribution in [1.82, 2.24) is 10.2 Å². The molecule has 0 unspecified atom stereocenters. The second kappa shape index (κ2) is 9.02. The largest absolute Gasteiger partial charge is 0.493 e. The molecule has 1 aromatic carbocycles. The number of benzene rings is 1. The molecular formula is C15H24ClFN2O3. The number of rotatable bonds is 6. The lowest BCUT2D eigenvalue weighted by Gasteiger charge is -2.34. The quantitative estimate of drug-likeness (QED) is 0.862. The first-order valence-electron chi connectivity index (χ1n) is 7.05. The molecule has 1 atom stereocenters. The number of ether oxygens (including phenoxy) is 3. The molecule has 0 radical (unpaired) electrons. The molecule has 0 aromatic heterocycles. The van der Waals surface area contributed by atoms with Crippen LogP contribution in [0.2, 0.25) is 0 Å². The zero-order valence-corrected chi connectivity index (χ0v) is 14.0. The van der Waals surface area contributed by atoms with Crippen LogP contribution in [0.4, 0.5) is 4.39 Å². The van der Waals surface area contributed by atoms with Gasteiger partial charge in [-0.3, -0.25) is 4.90 Å². The Hall–Kier alpha value is -1.24. The second-order valence-electron chi connectivity index (χ2n) is 4.91.